The molecule has 1 aromatic carbocycles. The highest BCUT2D eigenvalue weighted by molar-refractivity contribution is 7.98. The third-order valence-corrected chi connectivity index (χ3v) is 3.30. The van der Waals surface area contributed by atoms with Gasteiger partial charge in [0.15, 0.2) is 0 Å². The van der Waals surface area contributed by atoms with Crippen molar-refractivity contribution < 1.29 is 14.0 Å². The number of thioether (sulfide) groups is 1. The van der Waals surface area contributed by atoms with Crippen LogP contribution < -0.4 is 15.2 Å². The van der Waals surface area contributed by atoms with E-state index in [2.05, 4.69) is 5.16 Å². The SMILES string of the molecule is COc1ccc(-c2cc(N)on2)c(OC)c1SC. The molecule has 0 atom stereocenters. The molecule has 2 aromatic rings. The van der Waals surface area contributed by atoms with E-state index in [4.69, 9.17) is 19.7 Å². The normalized spacial score (nSPS) is 10.4. The number of nitrogens with two attached hydrogens (primary N) is 1. The molecule has 0 spiro atoms. The predicted molar refractivity (Wildman–Crippen MR) is 71.2 cm³/mol. The second kappa shape index (κ2) is 5.22. The summed E-state index contributed by atoms with van der Waals surface area (Å²) in [5, 5.41) is 3.90. The van der Waals surface area contributed by atoms with E-state index in [1.807, 2.05) is 18.4 Å². The number of aromatic nitrogens is 1. The van der Waals surface area contributed by atoms with Crippen LogP contribution >= 0.6 is 11.8 Å². The smallest absolute Gasteiger partial charge is 0.222 e. The summed E-state index contributed by atoms with van der Waals surface area (Å²) in [6.45, 7) is 0. The Bertz CT molecular complexity index is 554. The van der Waals surface area contributed by atoms with Crippen LogP contribution in [0.15, 0.2) is 27.6 Å². The van der Waals surface area contributed by atoms with Gasteiger partial charge in [-0.05, 0) is 18.4 Å². The quantitative estimate of drug-likeness (QED) is 0.858. The number of hydrogen-bond donors (Lipinski definition) is 1. The molecule has 0 bridgehead atoms. The van der Waals surface area contributed by atoms with Crippen LogP contribution in [0.4, 0.5) is 5.88 Å². The fourth-order valence-electron chi connectivity index (χ4n) is 1.72. The lowest BCUT2D eigenvalue weighted by Crippen LogP contribution is -1.94. The fourth-order valence-corrected chi connectivity index (χ4v) is 2.45. The first kappa shape index (κ1) is 12.6. The minimum atomic E-state index is 0.272. The van der Waals surface area contributed by atoms with Crippen molar-refractivity contribution in [2.24, 2.45) is 0 Å². The molecule has 0 aliphatic heterocycles. The van der Waals surface area contributed by atoms with Gasteiger partial charge in [-0.3, -0.25) is 0 Å². The van der Waals surface area contributed by atoms with Gasteiger partial charge in [-0.25, -0.2) is 0 Å². The van der Waals surface area contributed by atoms with Crippen LogP contribution in [0.25, 0.3) is 11.3 Å². The summed E-state index contributed by atoms with van der Waals surface area (Å²) >= 11 is 1.55. The molecule has 0 fully saturated rings. The van der Waals surface area contributed by atoms with E-state index in [0.717, 1.165) is 16.2 Å². The Balaban J connectivity index is 2.61. The van der Waals surface area contributed by atoms with Crippen LogP contribution in [0.2, 0.25) is 0 Å². The van der Waals surface area contributed by atoms with Gasteiger partial charge in [-0.15, -0.1) is 11.8 Å². The highest BCUT2D eigenvalue weighted by atomic mass is 32.2. The first-order valence-electron chi connectivity index (χ1n) is 5.22. The zero-order chi connectivity index (χ0) is 13.1. The molecule has 6 heteroatoms. The van der Waals surface area contributed by atoms with Crippen LogP contribution in [-0.4, -0.2) is 25.6 Å². The summed E-state index contributed by atoms with van der Waals surface area (Å²) in [5.74, 6) is 1.74. The van der Waals surface area contributed by atoms with Crippen molar-refractivity contribution in [3.63, 3.8) is 0 Å². The Kier molecular flexibility index (Phi) is 3.66. The number of nitrogens with zero attached hydrogens (tertiary/aromatic N) is 1. The summed E-state index contributed by atoms with van der Waals surface area (Å²) in [5.41, 5.74) is 7.00. The maximum atomic E-state index is 5.53. The van der Waals surface area contributed by atoms with Crippen molar-refractivity contribution in [3.05, 3.63) is 18.2 Å². The molecule has 1 aromatic heterocycles. The number of nitrogen functional groups attached to an aromatic ring is 1. The molecule has 0 radical (unpaired) electrons. The van der Waals surface area contributed by atoms with E-state index in [0.29, 0.717) is 11.4 Å². The number of benzene rings is 1. The Morgan fingerprint density at radius 2 is 2.06 bits per heavy atom. The highest BCUT2D eigenvalue weighted by Crippen LogP contribution is 2.43. The van der Waals surface area contributed by atoms with E-state index >= 15 is 0 Å². The van der Waals surface area contributed by atoms with Crippen molar-refractivity contribution >= 4 is 17.6 Å². The number of ether oxygens (including phenoxy) is 2. The van der Waals surface area contributed by atoms with E-state index in [1.165, 1.54) is 0 Å². The summed E-state index contributed by atoms with van der Waals surface area (Å²) in [6.07, 6.45) is 1.96. The number of hydrogen-bond acceptors (Lipinski definition) is 6. The second-order valence-corrected chi connectivity index (χ2v) is 4.31. The predicted octanol–water partition coefficient (Wildman–Crippen LogP) is 2.66. The molecule has 0 saturated carbocycles. The topological polar surface area (TPSA) is 70.5 Å². The molecule has 0 saturated heterocycles. The molecular formula is C12H14N2O3S. The van der Waals surface area contributed by atoms with Gasteiger partial charge in [0.05, 0.1) is 19.1 Å². The van der Waals surface area contributed by atoms with Crippen molar-refractivity contribution in [1.29, 1.82) is 0 Å². The first-order chi connectivity index (χ1) is 8.71. The number of methoxy groups -OCH3 is 2. The molecule has 5 nitrogen and oxygen atoms in total. The van der Waals surface area contributed by atoms with E-state index in [9.17, 15) is 0 Å². The monoisotopic (exact) mass is 266 g/mol. The second-order valence-electron chi connectivity index (χ2n) is 3.50. The highest BCUT2D eigenvalue weighted by Gasteiger charge is 2.17. The Morgan fingerprint density at radius 3 is 2.56 bits per heavy atom. The van der Waals surface area contributed by atoms with Gasteiger partial charge in [-0.1, -0.05) is 5.16 Å². The Labute approximate surface area is 109 Å². The lowest BCUT2D eigenvalue weighted by Gasteiger charge is -2.13. The van der Waals surface area contributed by atoms with Gasteiger partial charge in [0.25, 0.3) is 0 Å². The van der Waals surface area contributed by atoms with Gasteiger partial charge >= 0.3 is 0 Å². The average molecular weight is 266 g/mol. The third kappa shape index (κ3) is 2.11. The number of rotatable bonds is 4. The molecule has 2 rings (SSSR count). The fraction of sp³-hybridized carbons (Fsp3) is 0.250. The third-order valence-electron chi connectivity index (χ3n) is 2.51. The van der Waals surface area contributed by atoms with E-state index in [1.54, 1.807) is 32.0 Å². The minimum absolute atomic E-state index is 0.272. The minimum Gasteiger partial charge on any atom is -0.495 e. The zero-order valence-corrected chi connectivity index (χ0v) is 11.2. The summed E-state index contributed by atoms with van der Waals surface area (Å²) < 4.78 is 15.6. The molecule has 1 heterocycles. The molecule has 0 aliphatic rings. The van der Waals surface area contributed by atoms with Crippen LogP contribution in [-0.2, 0) is 0 Å². The van der Waals surface area contributed by atoms with Crippen LogP contribution in [0.5, 0.6) is 11.5 Å². The molecule has 0 unspecified atom stereocenters. The van der Waals surface area contributed by atoms with Gasteiger partial charge < -0.3 is 19.7 Å². The molecule has 18 heavy (non-hydrogen) atoms. The zero-order valence-electron chi connectivity index (χ0n) is 10.4. The molecule has 96 valence electrons. The summed E-state index contributed by atoms with van der Waals surface area (Å²) in [7, 11) is 3.24. The van der Waals surface area contributed by atoms with Crippen LogP contribution in [0.3, 0.4) is 0 Å². The lowest BCUT2D eigenvalue weighted by molar-refractivity contribution is 0.377. The summed E-state index contributed by atoms with van der Waals surface area (Å²) in [4.78, 5) is 0.916. The largest absolute Gasteiger partial charge is 0.495 e. The molecular weight excluding hydrogens is 252 g/mol. The van der Waals surface area contributed by atoms with Crippen molar-refractivity contribution in [2.45, 2.75) is 4.90 Å². The van der Waals surface area contributed by atoms with Crippen LogP contribution in [0.1, 0.15) is 0 Å². The molecule has 2 N–H and O–H groups in total. The molecule has 0 amide bonds. The van der Waals surface area contributed by atoms with Crippen LogP contribution in [0, 0.1) is 0 Å². The van der Waals surface area contributed by atoms with E-state index < -0.39 is 0 Å². The average Bonchev–Trinajstić information content (AvgIpc) is 2.83. The van der Waals surface area contributed by atoms with Gasteiger partial charge in [0.2, 0.25) is 5.88 Å². The van der Waals surface area contributed by atoms with Crippen molar-refractivity contribution in [1.82, 2.24) is 5.16 Å². The summed E-state index contributed by atoms with van der Waals surface area (Å²) in [6, 6.07) is 5.40. The van der Waals surface area contributed by atoms with Gasteiger partial charge in [0.1, 0.15) is 17.2 Å². The van der Waals surface area contributed by atoms with Gasteiger partial charge in [-0.2, -0.15) is 0 Å². The molecule has 0 aliphatic carbocycles. The van der Waals surface area contributed by atoms with Crippen molar-refractivity contribution in [2.75, 3.05) is 26.2 Å². The van der Waals surface area contributed by atoms with Gasteiger partial charge in [0, 0.05) is 11.6 Å². The maximum Gasteiger partial charge on any atom is 0.222 e. The van der Waals surface area contributed by atoms with Crippen molar-refractivity contribution in [3.8, 4) is 22.8 Å². The Hall–Kier alpha value is -1.82. The van der Waals surface area contributed by atoms with E-state index in [-0.39, 0.29) is 5.88 Å². The lowest BCUT2D eigenvalue weighted by atomic mass is 10.1. The Morgan fingerprint density at radius 1 is 1.28 bits per heavy atom. The number of anilines is 1. The standard InChI is InChI=1S/C12H14N2O3S/c1-15-9-5-4-7(8-6-10(13)17-14-8)11(16-2)12(9)18-3/h4-6H,13H2,1-3H3. The maximum absolute atomic E-state index is 5.53. The first-order valence-corrected chi connectivity index (χ1v) is 6.45.